The number of Topliss-reactive ketones (excluding diaryl/α,β-unsaturated/α-hetero) is 4. The second-order valence-corrected chi connectivity index (χ2v) is 15.0. The predicted molar refractivity (Wildman–Crippen MR) is 175 cm³/mol. The summed E-state index contributed by atoms with van der Waals surface area (Å²) < 4.78 is 6.45. The second kappa shape index (κ2) is 9.37. The Bertz CT molecular complexity index is 2010. The SMILES string of the molecule is Cn1c2cc3c4sc(N=C5C(=O)C6CCCCC6C5=O)cc4n(C)c3cc2c2sc(N=C3C(=O)C4CCCCC4C3=O)cc21. The first-order chi connectivity index (χ1) is 21.3. The first kappa shape index (κ1) is 26.6. The van der Waals surface area contributed by atoms with Gasteiger partial charge in [0.1, 0.15) is 10.0 Å². The van der Waals surface area contributed by atoms with Gasteiger partial charge in [-0.15, -0.1) is 22.7 Å². The van der Waals surface area contributed by atoms with Crippen LogP contribution in [0.3, 0.4) is 0 Å². The number of aryl methyl sites for hydroxylation is 2. The highest BCUT2D eigenvalue weighted by Gasteiger charge is 2.48. The van der Waals surface area contributed by atoms with E-state index in [4.69, 9.17) is 0 Å². The van der Waals surface area contributed by atoms with Gasteiger partial charge in [-0.3, -0.25) is 19.2 Å². The van der Waals surface area contributed by atoms with Gasteiger partial charge in [0.15, 0.2) is 34.6 Å². The van der Waals surface area contributed by atoms with Crippen LogP contribution in [0, 0.1) is 23.7 Å². The standard InChI is InChI=1S/C34H30N4O4S2/c1-37-21-11-20-22(38(2)24-14-26(44-34(20)24)36-28-31(41)17-9-5-6-10-18(17)32(28)42)12-19(21)33-23(37)13-25(43-33)35-27-29(39)15-7-3-4-8-16(15)30(27)40/h11-18H,3-10H2,1-2H3. The highest BCUT2D eigenvalue weighted by Crippen LogP contribution is 2.46. The van der Waals surface area contributed by atoms with Crippen LogP contribution in [0.1, 0.15) is 51.4 Å². The Balaban J connectivity index is 1.12. The molecule has 5 aromatic rings. The van der Waals surface area contributed by atoms with Crippen molar-refractivity contribution < 1.29 is 19.2 Å². The Hall–Kier alpha value is -3.76. The maximum atomic E-state index is 13.0. The molecular weight excluding hydrogens is 593 g/mol. The molecule has 4 atom stereocenters. The summed E-state index contributed by atoms with van der Waals surface area (Å²) in [5, 5.41) is 3.58. The third kappa shape index (κ3) is 3.55. The quantitative estimate of drug-likeness (QED) is 0.208. The summed E-state index contributed by atoms with van der Waals surface area (Å²) in [5.41, 5.74) is 4.48. The maximum Gasteiger partial charge on any atom is 0.188 e. The number of ketones is 4. The Morgan fingerprint density at radius 3 is 1.23 bits per heavy atom. The predicted octanol–water partition coefficient (Wildman–Crippen LogP) is 7.16. The molecule has 4 aliphatic carbocycles. The summed E-state index contributed by atoms with van der Waals surface area (Å²) in [6, 6.07) is 8.38. The molecule has 0 amide bonds. The lowest BCUT2D eigenvalue weighted by Gasteiger charge is -2.20. The Morgan fingerprint density at radius 2 is 0.886 bits per heavy atom. The van der Waals surface area contributed by atoms with Gasteiger partial charge in [0, 0.05) is 48.5 Å². The molecule has 10 heteroatoms. The van der Waals surface area contributed by atoms with Crippen molar-refractivity contribution in [1.82, 2.24) is 9.13 Å². The van der Waals surface area contributed by atoms with Crippen LogP contribution in [0.5, 0.6) is 0 Å². The van der Waals surface area contributed by atoms with Crippen molar-refractivity contribution in [3.63, 3.8) is 0 Å². The number of carbonyl (C=O) groups is 4. The molecule has 4 unspecified atom stereocenters. The number of carbonyl (C=O) groups excluding carboxylic acids is 4. The zero-order valence-corrected chi connectivity index (χ0v) is 26.1. The van der Waals surface area contributed by atoms with Crippen LogP contribution < -0.4 is 0 Å². The molecule has 4 fully saturated rings. The third-order valence-corrected chi connectivity index (χ3v) is 12.8. The van der Waals surface area contributed by atoms with Gasteiger partial charge in [-0.1, -0.05) is 25.7 Å². The van der Waals surface area contributed by atoms with Crippen molar-refractivity contribution >= 4 is 109 Å². The molecule has 0 bridgehead atoms. The number of nitrogens with zero attached hydrogens (tertiary/aromatic N) is 4. The fourth-order valence-corrected chi connectivity index (χ4v) is 10.6. The summed E-state index contributed by atoms with van der Waals surface area (Å²) in [6.07, 6.45) is 7.19. The van der Waals surface area contributed by atoms with Gasteiger partial charge < -0.3 is 9.13 Å². The first-order valence-electron chi connectivity index (χ1n) is 15.6. The van der Waals surface area contributed by atoms with Crippen molar-refractivity contribution in [2.45, 2.75) is 51.4 Å². The van der Waals surface area contributed by atoms with E-state index in [1.165, 1.54) is 22.7 Å². The number of fused-ring (bicyclic) bond motifs is 8. The summed E-state index contributed by atoms with van der Waals surface area (Å²) in [6.45, 7) is 0. The van der Waals surface area contributed by atoms with Crippen LogP contribution in [0.25, 0.3) is 42.2 Å². The number of aliphatic imine (C=N–C) groups is 2. The van der Waals surface area contributed by atoms with Crippen molar-refractivity contribution in [2.75, 3.05) is 0 Å². The molecule has 0 aliphatic heterocycles. The van der Waals surface area contributed by atoms with Crippen LogP contribution in [-0.2, 0) is 33.3 Å². The van der Waals surface area contributed by atoms with Crippen LogP contribution in [0.15, 0.2) is 34.3 Å². The van der Waals surface area contributed by atoms with Crippen LogP contribution in [0.4, 0.5) is 10.0 Å². The van der Waals surface area contributed by atoms with Gasteiger partial charge >= 0.3 is 0 Å². The van der Waals surface area contributed by atoms with Gasteiger partial charge in [-0.05, 0) is 49.9 Å². The molecule has 4 heterocycles. The zero-order valence-electron chi connectivity index (χ0n) is 24.5. The monoisotopic (exact) mass is 622 g/mol. The van der Waals surface area contributed by atoms with Crippen molar-refractivity contribution in [2.24, 2.45) is 47.8 Å². The van der Waals surface area contributed by atoms with E-state index in [0.29, 0.717) is 10.0 Å². The number of rotatable bonds is 2. The van der Waals surface area contributed by atoms with E-state index in [0.717, 1.165) is 93.6 Å². The van der Waals surface area contributed by atoms with Gasteiger partial charge in [-0.25, -0.2) is 9.98 Å². The van der Waals surface area contributed by atoms with E-state index < -0.39 is 0 Å². The molecule has 1 aromatic carbocycles. The first-order valence-corrected chi connectivity index (χ1v) is 17.2. The molecule has 0 N–H and O–H groups in total. The lowest BCUT2D eigenvalue weighted by Crippen LogP contribution is -2.21. The van der Waals surface area contributed by atoms with E-state index in [2.05, 4.69) is 31.3 Å². The molecule has 0 spiro atoms. The molecule has 4 saturated carbocycles. The summed E-state index contributed by atoms with van der Waals surface area (Å²) in [7, 11) is 4.06. The number of hydrogen-bond acceptors (Lipinski definition) is 8. The van der Waals surface area contributed by atoms with Gasteiger partial charge in [0.2, 0.25) is 0 Å². The molecule has 0 saturated heterocycles. The van der Waals surface area contributed by atoms with E-state index >= 15 is 0 Å². The number of thiophene rings is 2. The molecule has 44 heavy (non-hydrogen) atoms. The van der Waals surface area contributed by atoms with E-state index in [9.17, 15) is 19.2 Å². The minimum Gasteiger partial charge on any atom is -0.343 e. The van der Waals surface area contributed by atoms with Crippen LogP contribution in [0.2, 0.25) is 0 Å². The normalized spacial score (nSPS) is 25.8. The zero-order chi connectivity index (χ0) is 30.0. The molecular formula is C34H30N4O4S2. The lowest BCUT2D eigenvalue weighted by atomic mass is 9.81. The second-order valence-electron chi connectivity index (χ2n) is 13.0. The van der Waals surface area contributed by atoms with Crippen molar-refractivity contribution in [3.8, 4) is 0 Å². The lowest BCUT2D eigenvalue weighted by molar-refractivity contribution is -0.120. The average molecular weight is 623 g/mol. The molecule has 4 aromatic heterocycles. The van der Waals surface area contributed by atoms with Crippen LogP contribution in [-0.4, -0.2) is 43.7 Å². The van der Waals surface area contributed by atoms with Crippen LogP contribution >= 0.6 is 22.7 Å². The maximum absolute atomic E-state index is 13.0. The molecule has 222 valence electrons. The summed E-state index contributed by atoms with van der Waals surface area (Å²) in [4.78, 5) is 61.5. The molecule has 9 rings (SSSR count). The van der Waals surface area contributed by atoms with Gasteiger partial charge in [0.05, 0.1) is 31.5 Å². The summed E-state index contributed by atoms with van der Waals surface area (Å²) in [5.74, 6) is -1.01. The topological polar surface area (TPSA) is 103 Å². The molecule has 8 nitrogen and oxygen atoms in total. The van der Waals surface area contributed by atoms with E-state index in [1.807, 2.05) is 26.2 Å². The fourth-order valence-electron chi connectivity index (χ4n) is 8.39. The highest BCUT2D eigenvalue weighted by atomic mass is 32.1. The van der Waals surface area contributed by atoms with E-state index in [-0.39, 0.29) is 58.2 Å². The Labute approximate surface area is 260 Å². The number of hydrogen-bond donors (Lipinski definition) is 0. The molecule has 0 radical (unpaired) electrons. The highest BCUT2D eigenvalue weighted by molar-refractivity contribution is 7.24. The third-order valence-electron chi connectivity index (χ3n) is 10.7. The number of aromatic nitrogens is 2. The summed E-state index contributed by atoms with van der Waals surface area (Å²) >= 11 is 3.05. The smallest absolute Gasteiger partial charge is 0.188 e. The minimum absolute atomic E-state index is 0.0721. The Morgan fingerprint density at radius 1 is 0.545 bits per heavy atom. The van der Waals surface area contributed by atoms with Crippen molar-refractivity contribution in [3.05, 3.63) is 24.3 Å². The average Bonchev–Trinajstić information content (AvgIpc) is 3.85. The Kier molecular flexibility index (Phi) is 5.67. The fraction of sp³-hybridized carbons (Fsp3) is 0.412. The number of benzene rings is 1. The molecule has 4 aliphatic rings. The minimum atomic E-state index is -0.181. The van der Waals surface area contributed by atoms with Gasteiger partial charge in [-0.2, -0.15) is 0 Å². The van der Waals surface area contributed by atoms with E-state index in [1.54, 1.807) is 0 Å². The largest absolute Gasteiger partial charge is 0.343 e. The van der Waals surface area contributed by atoms with Crippen molar-refractivity contribution in [1.29, 1.82) is 0 Å². The van der Waals surface area contributed by atoms with Gasteiger partial charge in [0.25, 0.3) is 0 Å².